The fraction of sp³-hybridized carbons (Fsp3) is 0.895. The molecule has 4 nitrogen and oxygen atoms in total. The molecule has 0 rings (SSSR count). The molecule has 0 radical (unpaired) electrons. The van der Waals surface area contributed by atoms with Gasteiger partial charge in [0.05, 0.1) is 13.2 Å². The van der Waals surface area contributed by atoms with E-state index in [0.717, 1.165) is 19.3 Å². The summed E-state index contributed by atoms with van der Waals surface area (Å²) in [6.07, 6.45) is 19.2. The smallest absolute Gasteiger partial charge is 0.248 e. The SMILES string of the molecule is C=CCOS(=O)(=O)OCCCCCCCCCCCCCCCC. The van der Waals surface area contributed by atoms with Gasteiger partial charge in [0.2, 0.25) is 0 Å². The molecule has 0 atom stereocenters. The normalized spacial score (nSPS) is 11.7. The van der Waals surface area contributed by atoms with Gasteiger partial charge in [-0.05, 0) is 6.42 Å². The lowest BCUT2D eigenvalue weighted by Gasteiger charge is -2.05. The third-order valence-electron chi connectivity index (χ3n) is 4.06. The Balaban J connectivity index is 3.19. The Morgan fingerprint density at radius 2 is 1.12 bits per heavy atom. The van der Waals surface area contributed by atoms with Crippen LogP contribution >= 0.6 is 0 Å². The molecule has 5 heteroatoms. The Morgan fingerprint density at radius 1 is 0.708 bits per heavy atom. The van der Waals surface area contributed by atoms with E-state index in [-0.39, 0.29) is 13.2 Å². The van der Waals surface area contributed by atoms with E-state index < -0.39 is 10.4 Å². The zero-order valence-electron chi connectivity index (χ0n) is 15.6. The van der Waals surface area contributed by atoms with Crippen molar-refractivity contribution in [2.75, 3.05) is 13.2 Å². The first-order chi connectivity index (χ1) is 11.6. The van der Waals surface area contributed by atoms with Crippen LogP contribution in [0.15, 0.2) is 12.7 Å². The highest BCUT2D eigenvalue weighted by Crippen LogP contribution is 2.13. The highest BCUT2D eigenvalue weighted by atomic mass is 32.3. The van der Waals surface area contributed by atoms with Crippen LogP contribution in [0.4, 0.5) is 0 Å². The van der Waals surface area contributed by atoms with Crippen LogP contribution in [0.25, 0.3) is 0 Å². The molecule has 0 spiro atoms. The fourth-order valence-corrected chi connectivity index (χ4v) is 3.28. The molecule has 0 amide bonds. The maximum absolute atomic E-state index is 11.2. The van der Waals surface area contributed by atoms with Gasteiger partial charge in [-0.3, -0.25) is 0 Å². The summed E-state index contributed by atoms with van der Waals surface area (Å²) >= 11 is 0. The molecular weight excluding hydrogens is 324 g/mol. The van der Waals surface area contributed by atoms with Gasteiger partial charge in [0.25, 0.3) is 0 Å². The molecule has 0 aliphatic heterocycles. The van der Waals surface area contributed by atoms with E-state index in [4.69, 9.17) is 4.18 Å². The van der Waals surface area contributed by atoms with Crippen LogP contribution in [0.3, 0.4) is 0 Å². The maximum atomic E-state index is 11.2. The van der Waals surface area contributed by atoms with Crippen molar-refractivity contribution in [2.45, 2.75) is 96.8 Å². The van der Waals surface area contributed by atoms with Gasteiger partial charge in [-0.25, -0.2) is 8.37 Å². The van der Waals surface area contributed by atoms with Crippen LogP contribution in [0.1, 0.15) is 96.8 Å². The van der Waals surface area contributed by atoms with Gasteiger partial charge in [-0.15, -0.1) is 6.58 Å². The molecule has 0 aromatic heterocycles. The first kappa shape index (κ1) is 23.6. The Kier molecular flexibility index (Phi) is 17.2. The molecule has 144 valence electrons. The van der Waals surface area contributed by atoms with Crippen LogP contribution in [0.2, 0.25) is 0 Å². The number of hydrogen-bond donors (Lipinski definition) is 0. The standard InChI is InChI=1S/C19H38O4S/c1-3-5-6-7-8-9-10-11-12-13-14-15-16-17-19-23-24(20,21)22-18-4-2/h4H,2-3,5-19H2,1H3. The topological polar surface area (TPSA) is 52.6 Å². The minimum atomic E-state index is -3.83. The number of hydrogen-bond acceptors (Lipinski definition) is 4. The molecular formula is C19H38O4S. The zero-order valence-corrected chi connectivity index (χ0v) is 16.5. The Bertz CT molecular complexity index is 366. The molecule has 0 N–H and O–H groups in total. The highest BCUT2D eigenvalue weighted by Gasteiger charge is 2.09. The van der Waals surface area contributed by atoms with Crippen LogP contribution in [-0.2, 0) is 18.8 Å². The quantitative estimate of drug-likeness (QED) is 0.211. The van der Waals surface area contributed by atoms with E-state index in [1.807, 2.05) is 0 Å². The van der Waals surface area contributed by atoms with Gasteiger partial charge in [0.1, 0.15) is 0 Å². The van der Waals surface area contributed by atoms with Crippen molar-refractivity contribution in [1.29, 1.82) is 0 Å². The van der Waals surface area contributed by atoms with E-state index in [9.17, 15) is 8.42 Å². The molecule has 0 saturated heterocycles. The highest BCUT2D eigenvalue weighted by molar-refractivity contribution is 7.81. The van der Waals surface area contributed by atoms with Gasteiger partial charge < -0.3 is 0 Å². The Morgan fingerprint density at radius 3 is 1.54 bits per heavy atom. The van der Waals surface area contributed by atoms with Crippen LogP contribution < -0.4 is 0 Å². The lowest BCUT2D eigenvalue weighted by atomic mass is 10.0. The average Bonchev–Trinajstić information content (AvgIpc) is 2.56. The summed E-state index contributed by atoms with van der Waals surface area (Å²) in [5, 5.41) is 0. The first-order valence-corrected chi connectivity index (χ1v) is 11.1. The zero-order chi connectivity index (χ0) is 17.9. The minimum absolute atomic E-state index is 0.0406. The maximum Gasteiger partial charge on any atom is 0.400 e. The predicted molar refractivity (Wildman–Crippen MR) is 101 cm³/mol. The molecule has 0 saturated carbocycles. The second kappa shape index (κ2) is 17.4. The van der Waals surface area contributed by atoms with Crippen molar-refractivity contribution in [2.24, 2.45) is 0 Å². The summed E-state index contributed by atoms with van der Waals surface area (Å²) in [5.74, 6) is 0. The lowest BCUT2D eigenvalue weighted by molar-refractivity contribution is 0.225. The van der Waals surface area contributed by atoms with Gasteiger partial charge in [-0.2, -0.15) is 8.42 Å². The second-order valence-corrected chi connectivity index (χ2v) is 7.69. The molecule has 0 aliphatic carbocycles. The van der Waals surface area contributed by atoms with Crippen molar-refractivity contribution in [3.63, 3.8) is 0 Å². The van der Waals surface area contributed by atoms with Gasteiger partial charge >= 0.3 is 10.4 Å². The predicted octanol–water partition coefficient (Wildman–Crippen LogP) is 5.93. The van der Waals surface area contributed by atoms with Gasteiger partial charge in [-0.1, -0.05) is 96.5 Å². The average molecular weight is 363 g/mol. The summed E-state index contributed by atoms with van der Waals surface area (Å²) in [6, 6.07) is 0. The van der Waals surface area contributed by atoms with E-state index in [1.54, 1.807) is 0 Å². The van der Waals surface area contributed by atoms with E-state index in [2.05, 4.69) is 17.7 Å². The molecule has 0 fully saturated rings. The third-order valence-corrected chi connectivity index (χ3v) is 4.94. The van der Waals surface area contributed by atoms with Crippen molar-refractivity contribution < 1.29 is 16.8 Å². The minimum Gasteiger partial charge on any atom is -0.248 e. The van der Waals surface area contributed by atoms with Crippen molar-refractivity contribution >= 4 is 10.4 Å². The van der Waals surface area contributed by atoms with Crippen LogP contribution in [0, 0.1) is 0 Å². The molecule has 0 unspecified atom stereocenters. The van der Waals surface area contributed by atoms with Crippen molar-refractivity contribution in [3.05, 3.63) is 12.7 Å². The molecule has 0 aromatic rings. The Labute approximate surface area is 150 Å². The van der Waals surface area contributed by atoms with Gasteiger partial charge in [0, 0.05) is 0 Å². The summed E-state index contributed by atoms with van der Waals surface area (Å²) in [7, 11) is -3.83. The van der Waals surface area contributed by atoms with E-state index >= 15 is 0 Å². The summed E-state index contributed by atoms with van der Waals surface area (Å²) in [5.41, 5.74) is 0. The molecule has 0 aromatic carbocycles. The summed E-state index contributed by atoms with van der Waals surface area (Å²) in [6.45, 7) is 5.82. The third kappa shape index (κ3) is 18.0. The van der Waals surface area contributed by atoms with Crippen LogP contribution in [0.5, 0.6) is 0 Å². The molecule has 0 heterocycles. The van der Waals surface area contributed by atoms with Gasteiger partial charge in [0.15, 0.2) is 0 Å². The molecule has 0 aliphatic rings. The van der Waals surface area contributed by atoms with Crippen molar-refractivity contribution in [1.82, 2.24) is 0 Å². The van der Waals surface area contributed by atoms with Crippen molar-refractivity contribution in [3.8, 4) is 0 Å². The lowest BCUT2D eigenvalue weighted by Crippen LogP contribution is -2.11. The molecule has 24 heavy (non-hydrogen) atoms. The first-order valence-electron chi connectivity index (χ1n) is 9.77. The van der Waals surface area contributed by atoms with E-state index in [0.29, 0.717) is 0 Å². The monoisotopic (exact) mass is 362 g/mol. The second-order valence-electron chi connectivity index (χ2n) is 6.40. The molecule has 0 bridgehead atoms. The van der Waals surface area contributed by atoms with Crippen LogP contribution in [-0.4, -0.2) is 21.6 Å². The fourth-order valence-electron chi connectivity index (χ4n) is 2.62. The van der Waals surface area contributed by atoms with E-state index in [1.165, 1.54) is 76.7 Å². The number of rotatable bonds is 19. The summed E-state index contributed by atoms with van der Waals surface area (Å²) < 4.78 is 31.7. The number of unbranched alkanes of at least 4 members (excludes halogenated alkanes) is 13. The Hall–Kier alpha value is -0.390. The summed E-state index contributed by atoms with van der Waals surface area (Å²) in [4.78, 5) is 0. The largest absolute Gasteiger partial charge is 0.400 e.